The second-order valence-corrected chi connectivity index (χ2v) is 6.57. The van der Waals surface area contributed by atoms with Crippen LogP contribution in [0, 0.1) is 0 Å². The molecule has 0 aliphatic heterocycles. The van der Waals surface area contributed by atoms with Crippen LogP contribution in [0.3, 0.4) is 0 Å². The van der Waals surface area contributed by atoms with Crippen molar-refractivity contribution in [2.45, 2.75) is 12.1 Å². The number of anilines is 1. The summed E-state index contributed by atoms with van der Waals surface area (Å²) in [5.74, 6) is -1.32. The van der Waals surface area contributed by atoms with Gasteiger partial charge in [0.1, 0.15) is 0 Å². The number of rotatable bonds is 6. The standard InChI is InChI=1S/C21H24N4O3/c1-22-18-10-11-21(23-2,24-3)17-9-8-15(12-16(17)18)25-19(26)13-4-6-14(7-5-13)20(27)28/h4-10,12,22-24H,11H2,1-3H3,(H,25,26)(H,27,28). The molecule has 28 heavy (non-hydrogen) atoms. The number of carbonyl (C=O) groups excluding carboxylic acids is 1. The Kier molecular flexibility index (Phi) is 5.48. The van der Waals surface area contributed by atoms with E-state index < -0.39 is 5.97 Å². The van der Waals surface area contributed by atoms with Crippen molar-refractivity contribution in [2.24, 2.45) is 0 Å². The lowest BCUT2D eigenvalue weighted by atomic mass is 9.84. The Labute approximate surface area is 163 Å². The fourth-order valence-electron chi connectivity index (χ4n) is 3.49. The molecule has 0 heterocycles. The van der Waals surface area contributed by atoms with Crippen LogP contribution in [0.1, 0.15) is 38.3 Å². The quantitative estimate of drug-likeness (QED) is 0.493. The van der Waals surface area contributed by atoms with E-state index >= 15 is 0 Å². The number of carbonyl (C=O) groups is 2. The molecule has 2 aromatic rings. The number of hydrogen-bond donors (Lipinski definition) is 5. The van der Waals surface area contributed by atoms with Gasteiger partial charge in [0.2, 0.25) is 0 Å². The van der Waals surface area contributed by atoms with E-state index in [1.807, 2.05) is 39.3 Å². The maximum Gasteiger partial charge on any atom is 0.335 e. The molecule has 0 unspecified atom stereocenters. The number of nitrogens with one attached hydrogen (secondary N) is 4. The van der Waals surface area contributed by atoms with Gasteiger partial charge in [-0.25, -0.2) is 4.79 Å². The molecular formula is C21H24N4O3. The summed E-state index contributed by atoms with van der Waals surface area (Å²) in [5.41, 5.74) is 3.92. The van der Waals surface area contributed by atoms with Crippen molar-refractivity contribution in [2.75, 3.05) is 26.5 Å². The van der Waals surface area contributed by atoms with Gasteiger partial charge in [-0.1, -0.05) is 12.1 Å². The van der Waals surface area contributed by atoms with Crippen molar-refractivity contribution in [1.82, 2.24) is 16.0 Å². The molecule has 0 fully saturated rings. The van der Waals surface area contributed by atoms with E-state index in [0.717, 1.165) is 23.2 Å². The molecule has 5 N–H and O–H groups in total. The van der Waals surface area contributed by atoms with Crippen LogP contribution in [0.2, 0.25) is 0 Å². The van der Waals surface area contributed by atoms with Crippen LogP contribution < -0.4 is 21.3 Å². The van der Waals surface area contributed by atoms with Gasteiger partial charge < -0.3 is 15.7 Å². The van der Waals surface area contributed by atoms with E-state index in [4.69, 9.17) is 5.11 Å². The minimum absolute atomic E-state index is 0.143. The first-order valence-electron chi connectivity index (χ1n) is 8.99. The Bertz CT molecular complexity index is 931. The second kappa shape index (κ2) is 7.84. The Morgan fingerprint density at radius 1 is 0.964 bits per heavy atom. The number of aromatic carboxylic acids is 1. The molecule has 0 spiro atoms. The highest BCUT2D eigenvalue weighted by Crippen LogP contribution is 2.36. The maximum absolute atomic E-state index is 12.5. The van der Waals surface area contributed by atoms with Crippen LogP contribution in [-0.4, -0.2) is 38.1 Å². The molecule has 0 saturated carbocycles. The molecule has 0 atom stereocenters. The zero-order valence-electron chi connectivity index (χ0n) is 16.1. The average molecular weight is 380 g/mol. The molecule has 146 valence electrons. The first-order chi connectivity index (χ1) is 13.4. The fourth-order valence-corrected chi connectivity index (χ4v) is 3.49. The number of benzene rings is 2. The second-order valence-electron chi connectivity index (χ2n) is 6.57. The highest BCUT2D eigenvalue weighted by atomic mass is 16.4. The molecule has 1 aliphatic rings. The molecule has 3 rings (SSSR count). The van der Waals surface area contributed by atoms with E-state index in [9.17, 15) is 9.59 Å². The van der Waals surface area contributed by atoms with Gasteiger partial charge in [0, 0.05) is 36.0 Å². The highest BCUT2D eigenvalue weighted by molar-refractivity contribution is 6.05. The molecular weight excluding hydrogens is 356 g/mol. The summed E-state index contributed by atoms with van der Waals surface area (Å²) in [5, 5.41) is 21.8. The molecule has 7 nitrogen and oxygen atoms in total. The van der Waals surface area contributed by atoms with Crippen molar-refractivity contribution in [3.8, 4) is 0 Å². The number of amides is 1. The lowest BCUT2D eigenvalue weighted by molar-refractivity contribution is 0.0696. The van der Waals surface area contributed by atoms with E-state index in [1.54, 1.807) is 0 Å². The number of carboxylic acids is 1. The third-order valence-corrected chi connectivity index (χ3v) is 5.16. The summed E-state index contributed by atoms with van der Waals surface area (Å²) >= 11 is 0. The number of hydrogen-bond acceptors (Lipinski definition) is 5. The third-order valence-electron chi connectivity index (χ3n) is 5.16. The summed E-state index contributed by atoms with van der Waals surface area (Å²) in [6, 6.07) is 11.6. The molecule has 7 heteroatoms. The summed E-state index contributed by atoms with van der Waals surface area (Å²) in [6.45, 7) is 0. The fraction of sp³-hybridized carbons (Fsp3) is 0.238. The van der Waals surface area contributed by atoms with Gasteiger partial charge in [0.05, 0.1) is 11.2 Å². The Hall–Kier alpha value is -3.16. The number of fused-ring (bicyclic) bond motifs is 1. The van der Waals surface area contributed by atoms with Crippen LogP contribution in [0.4, 0.5) is 5.69 Å². The van der Waals surface area contributed by atoms with Crippen molar-refractivity contribution in [3.05, 3.63) is 70.8 Å². The first-order valence-corrected chi connectivity index (χ1v) is 8.99. The molecule has 1 amide bonds. The minimum atomic E-state index is -1.02. The van der Waals surface area contributed by atoms with Gasteiger partial charge in [-0.15, -0.1) is 0 Å². The van der Waals surface area contributed by atoms with Gasteiger partial charge in [-0.05, 0) is 56.1 Å². The molecule has 0 saturated heterocycles. The zero-order valence-corrected chi connectivity index (χ0v) is 16.1. The first kappa shape index (κ1) is 19.6. The lowest BCUT2D eigenvalue weighted by Gasteiger charge is -2.38. The van der Waals surface area contributed by atoms with Crippen molar-refractivity contribution in [1.29, 1.82) is 0 Å². The Morgan fingerprint density at radius 2 is 1.61 bits per heavy atom. The summed E-state index contributed by atoms with van der Waals surface area (Å²) < 4.78 is 0. The van der Waals surface area contributed by atoms with Crippen LogP contribution in [0.15, 0.2) is 48.5 Å². The monoisotopic (exact) mass is 380 g/mol. The van der Waals surface area contributed by atoms with E-state index in [-0.39, 0.29) is 17.1 Å². The predicted octanol–water partition coefficient (Wildman–Crippen LogP) is 2.19. The smallest absolute Gasteiger partial charge is 0.335 e. The van der Waals surface area contributed by atoms with Crippen LogP contribution >= 0.6 is 0 Å². The topological polar surface area (TPSA) is 102 Å². The van der Waals surface area contributed by atoms with Crippen LogP contribution in [0.5, 0.6) is 0 Å². The van der Waals surface area contributed by atoms with Crippen molar-refractivity contribution in [3.63, 3.8) is 0 Å². The van der Waals surface area contributed by atoms with Gasteiger partial charge in [0.25, 0.3) is 5.91 Å². The molecule has 0 bridgehead atoms. The van der Waals surface area contributed by atoms with Gasteiger partial charge in [-0.2, -0.15) is 0 Å². The van der Waals surface area contributed by atoms with Crippen LogP contribution in [-0.2, 0) is 5.66 Å². The van der Waals surface area contributed by atoms with Gasteiger partial charge in [-0.3, -0.25) is 15.4 Å². The molecule has 0 aromatic heterocycles. The Morgan fingerprint density at radius 3 is 2.18 bits per heavy atom. The Balaban J connectivity index is 1.89. The van der Waals surface area contributed by atoms with E-state index in [1.165, 1.54) is 24.3 Å². The zero-order chi connectivity index (χ0) is 20.3. The minimum Gasteiger partial charge on any atom is -0.478 e. The highest BCUT2D eigenvalue weighted by Gasteiger charge is 2.34. The van der Waals surface area contributed by atoms with Crippen LogP contribution in [0.25, 0.3) is 5.70 Å². The molecule has 2 aromatic carbocycles. The summed E-state index contributed by atoms with van der Waals surface area (Å²) in [4.78, 5) is 23.5. The van der Waals surface area contributed by atoms with E-state index in [0.29, 0.717) is 11.3 Å². The maximum atomic E-state index is 12.5. The van der Waals surface area contributed by atoms with Crippen molar-refractivity contribution < 1.29 is 14.7 Å². The SMILES string of the molecule is CNC1=CCC(NC)(NC)c2ccc(NC(=O)c3ccc(C(=O)O)cc3)cc21. The molecule has 1 aliphatic carbocycles. The normalized spacial score (nSPS) is 14.6. The lowest BCUT2D eigenvalue weighted by Crippen LogP contribution is -2.52. The van der Waals surface area contributed by atoms with Gasteiger partial charge in [0.15, 0.2) is 0 Å². The largest absolute Gasteiger partial charge is 0.478 e. The predicted molar refractivity (Wildman–Crippen MR) is 109 cm³/mol. The van der Waals surface area contributed by atoms with E-state index in [2.05, 4.69) is 27.3 Å². The summed E-state index contributed by atoms with van der Waals surface area (Å²) in [7, 11) is 5.69. The average Bonchev–Trinajstić information content (AvgIpc) is 2.72. The molecule has 0 radical (unpaired) electrons. The third kappa shape index (κ3) is 3.49. The summed E-state index contributed by atoms with van der Waals surface area (Å²) in [6.07, 6.45) is 2.90. The van der Waals surface area contributed by atoms with Crippen molar-refractivity contribution >= 4 is 23.3 Å². The van der Waals surface area contributed by atoms with Gasteiger partial charge >= 0.3 is 5.97 Å². The number of carboxylic acid groups (broad SMARTS) is 1.